The molecular weight excluding hydrogens is 298 g/mol. The number of hydrogen-bond donors (Lipinski definition) is 1. The highest BCUT2D eigenvalue weighted by Gasteiger charge is 2.14. The molecule has 0 heterocycles. The molecular formula is C17H15NO3S. The number of carbonyl (C=O) groups excluding carboxylic acids is 3. The summed E-state index contributed by atoms with van der Waals surface area (Å²) in [7, 11) is 0. The minimum atomic E-state index is -0.215. The Kier molecular flexibility index (Phi) is 5.12. The predicted molar refractivity (Wildman–Crippen MR) is 87.8 cm³/mol. The molecule has 1 amide bonds. The molecule has 2 aromatic carbocycles. The van der Waals surface area contributed by atoms with E-state index in [4.69, 9.17) is 0 Å². The van der Waals surface area contributed by atoms with Crippen molar-refractivity contribution in [1.29, 1.82) is 0 Å². The Morgan fingerprint density at radius 3 is 2.32 bits per heavy atom. The average Bonchev–Trinajstić information content (AvgIpc) is 2.53. The fourth-order valence-corrected chi connectivity index (χ4v) is 2.47. The number of amides is 1. The zero-order valence-corrected chi connectivity index (χ0v) is 13.1. The van der Waals surface area contributed by atoms with Crippen molar-refractivity contribution in [3.05, 3.63) is 59.2 Å². The van der Waals surface area contributed by atoms with Gasteiger partial charge in [0.15, 0.2) is 12.1 Å². The van der Waals surface area contributed by atoms with Crippen LogP contribution in [0.4, 0.5) is 5.69 Å². The van der Waals surface area contributed by atoms with Crippen LogP contribution in [0, 0.1) is 0 Å². The molecule has 0 saturated carbocycles. The zero-order chi connectivity index (χ0) is 16.1. The molecule has 22 heavy (non-hydrogen) atoms. The van der Waals surface area contributed by atoms with Gasteiger partial charge in [0, 0.05) is 34.2 Å². The van der Waals surface area contributed by atoms with Crippen LogP contribution < -0.4 is 5.32 Å². The normalized spacial score (nSPS) is 10.1. The number of benzene rings is 2. The summed E-state index contributed by atoms with van der Waals surface area (Å²) in [6, 6.07) is 11.8. The number of rotatable bonds is 5. The summed E-state index contributed by atoms with van der Waals surface area (Å²) in [6.45, 7) is 1.42. The summed E-state index contributed by atoms with van der Waals surface area (Å²) in [6.07, 6.45) is 2.59. The van der Waals surface area contributed by atoms with Gasteiger partial charge in [-0.3, -0.25) is 14.4 Å². The summed E-state index contributed by atoms with van der Waals surface area (Å²) in [5.41, 5.74) is 1.84. The topological polar surface area (TPSA) is 63.2 Å². The van der Waals surface area contributed by atoms with Gasteiger partial charge < -0.3 is 5.32 Å². The standard InChI is InChI=1S/C17H15NO3S/c1-11(20)18-14-6-3-12(4-7-14)17(21)16-9-15(22-2)8-5-13(16)10-19/h3-10H,1-2H3,(H,18,20). The lowest BCUT2D eigenvalue weighted by Gasteiger charge is -2.07. The first-order valence-electron chi connectivity index (χ1n) is 6.60. The number of carbonyl (C=O) groups is 3. The van der Waals surface area contributed by atoms with E-state index in [2.05, 4.69) is 5.32 Å². The number of nitrogens with one attached hydrogen (secondary N) is 1. The van der Waals surface area contributed by atoms with Gasteiger partial charge in [-0.25, -0.2) is 0 Å². The second-order valence-electron chi connectivity index (χ2n) is 4.66. The molecule has 112 valence electrons. The summed E-state index contributed by atoms with van der Waals surface area (Å²) in [4.78, 5) is 35.6. The van der Waals surface area contributed by atoms with Crippen LogP contribution in [0.2, 0.25) is 0 Å². The van der Waals surface area contributed by atoms with Gasteiger partial charge in [-0.05, 0) is 48.7 Å². The predicted octanol–water partition coefficient (Wildman–Crippen LogP) is 3.41. The molecule has 1 N–H and O–H groups in total. The minimum Gasteiger partial charge on any atom is -0.326 e. The summed E-state index contributed by atoms with van der Waals surface area (Å²) >= 11 is 1.51. The fraction of sp³-hybridized carbons (Fsp3) is 0.118. The van der Waals surface area contributed by atoms with Gasteiger partial charge in [0.2, 0.25) is 5.91 Å². The lowest BCUT2D eigenvalue weighted by Crippen LogP contribution is -2.08. The van der Waals surface area contributed by atoms with Crippen LogP contribution in [0.5, 0.6) is 0 Å². The zero-order valence-electron chi connectivity index (χ0n) is 12.3. The lowest BCUT2D eigenvalue weighted by molar-refractivity contribution is -0.114. The molecule has 0 atom stereocenters. The van der Waals surface area contributed by atoms with E-state index in [0.29, 0.717) is 28.7 Å². The molecule has 0 aliphatic heterocycles. The monoisotopic (exact) mass is 313 g/mol. The highest BCUT2D eigenvalue weighted by Crippen LogP contribution is 2.22. The van der Waals surface area contributed by atoms with Crippen molar-refractivity contribution in [3.8, 4) is 0 Å². The SMILES string of the molecule is CSc1ccc(C=O)c(C(=O)c2ccc(NC(C)=O)cc2)c1. The van der Waals surface area contributed by atoms with E-state index in [1.807, 2.05) is 12.3 Å². The van der Waals surface area contributed by atoms with E-state index >= 15 is 0 Å². The van der Waals surface area contributed by atoms with Crippen LogP contribution in [0.15, 0.2) is 47.4 Å². The van der Waals surface area contributed by atoms with Gasteiger partial charge in [-0.2, -0.15) is 0 Å². The van der Waals surface area contributed by atoms with E-state index in [1.54, 1.807) is 36.4 Å². The third kappa shape index (κ3) is 3.62. The van der Waals surface area contributed by atoms with Crippen molar-refractivity contribution in [2.75, 3.05) is 11.6 Å². The van der Waals surface area contributed by atoms with Crippen LogP contribution in [0.25, 0.3) is 0 Å². The summed E-state index contributed by atoms with van der Waals surface area (Å²) < 4.78 is 0. The van der Waals surface area contributed by atoms with E-state index in [1.165, 1.54) is 18.7 Å². The molecule has 0 aliphatic carbocycles. The Labute approximate surface area is 132 Å². The molecule has 5 heteroatoms. The van der Waals surface area contributed by atoms with Gasteiger partial charge in [0.25, 0.3) is 0 Å². The molecule has 0 saturated heterocycles. The van der Waals surface area contributed by atoms with Crippen molar-refractivity contribution in [3.63, 3.8) is 0 Å². The van der Waals surface area contributed by atoms with Crippen molar-refractivity contribution in [2.45, 2.75) is 11.8 Å². The quantitative estimate of drug-likeness (QED) is 0.522. The smallest absolute Gasteiger partial charge is 0.221 e. The Hall–Kier alpha value is -2.40. The summed E-state index contributed by atoms with van der Waals surface area (Å²) in [5, 5.41) is 2.64. The second kappa shape index (κ2) is 7.04. The van der Waals surface area contributed by atoms with Crippen LogP contribution in [-0.4, -0.2) is 24.2 Å². The number of anilines is 1. The lowest BCUT2D eigenvalue weighted by atomic mass is 9.99. The van der Waals surface area contributed by atoms with Crippen LogP contribution >= 0.6 is 11.8 Å². The van der Waals surface area contributed by atoms with Crippen LogP contribution in [0.3, 0.4) is 0 Å². The van der Waals surface area contributed by atoms with E-state index in [-0.39, 0.29) is 11.7 Å². The fourth-order valence-electron chi connectivity index (χ4n) is 2.03. The summed E-state index contributed by atoms with van der Waals surface area (Å²) in [5.74, 6) is -0.387. The molecule has 0 aliphatic rings. The van der Waals surface area contributed by atoms with Gasteiger partial charge >= 0.3 is 0 Å². The highest BCUT2D eigenvalue weighted by molar-refractivity contribution is 7.98. The molecule has 0 unspecified atom stereocenters. The van der Waals surface area contributed by atoms with Gasteiger partial charge in [0.1, 0.15) is 0 Å². The van der Waals surface area contributed by atoms with E-state index in [0.717, 1.165) is 4.90 Å². The van der Waals surface area contributed by atoms with Crippen molar-refractivity contribution >= 4 is 35.4 Å². The largest absolute Gasteiger partial charge is 0.326 e. The first kappa shape index (κ1) is 16.0. The maximum Gasteiger partial charge on any atom is 0.221 e. The third-order valence-corrected chi connectivity index (χ3v) is 3.82. The molecule has 0 spiro atoms. The second-order valence-corrected chi connectivity index (χ2v) is 5.54. The van der Waals surface area contributed by atoms with Gasteiger partial charge in [0.05, 0.1) is 0 Å². The Balaban J connectivity index is 2.35. The molecule has 0 fully saturated rings. The Morgan fingerprint density at radius 2 is 1.77 bits per heavy atom. The minimum absolute atomic E-state index is 0.171. The Bertz CT molecular complexity index is 723. The number of hydrogen-bond acceptors (Lipinski definition) is 4. The van der Waals surface area contributed by atoms with E-state index < -0.39 is 0 Å². The van der Waals surface area contributed by atoms with Crippen LogP contribution in [0.1, 0.15) is 33.2 Å². The van der Waals surface area contributed by atoms with Gasteiger partial charge in [-0.1, -0.05) is 0 Å². The number of thioether (sulfide) groups is 1. The first-order chi connectivity index (χ1) is 10.5. The molecule has 2 aromatic rings. The average molecular weight is 313 g/mol. The third-order valence-electron chi connectivity index (χ3n) is 3.10. The van der Waals surface area contributed by atoms with Crippen molar-refractivity contribution < 1.29 is 14.4 Å². The molecule has 0 radical (unpaired) electrons. The number of ketones is 1. The molecule has 4 nitrogen and oxygen atoms in total. The highest BCUT2D eigenvalue weighted by atomic mass is 32.2. The van der Waals surface area contributed by atoms with Crippen molar-refractivity contribution in [2.24, 2.45) is 0 Å². The molecule has 2 rings (SSSR count). The molecule has 0 bridgehead atoms. The van der Waals surface area contributed by atoms with E-state index in [9.17, 15) is 14.4 Å². The van der Waals surface area contributed by atoms with Crippen LogP contribution in [-0.2, 0) is 4.79 Å². The maximum absolute atomic E-state index is 12.6. The maximum atomic E-state index is 12.6. The Morgan fingerprint density at radius 1 is 1.09 bits per heavy atom. The number of aldehydes is 1. The van der Waals surface area contributed by atoms with Gasteiger partial charge in [-0.15, -0.1) is 11.8 Å². The van der Waals surface area contributed by atoms with Crippen molar-refractivity contribution in [1.82, 2.24) is 0 Å². The first-order valence-corrected chi connectivity index (χ1v) is 7.83. The molecule has 0 aromatic heterocycles.